The van der Waals surface area contributed by atoms with Crippen molar-refractivity contribution in [2.45, 2.75) is 34.6 Å². The van der Waals surface area contributed by atoms with Gasteiger partial charge >= 0.3 is 0 Å². The summed E-state index contributed by atoms with van der Waals surface area (Å²) in [6.45, 7) is 11.1. The third-order valence-corrected chi connectivity index (χ3v) is 5.71. The van der Waals surface area contributed by atoms with Crippen molar-refractivity contribution < 1.29 is 0 Å². The monoisotopic (exact) mass is 374 g/mol. The Kier molecular flexibility index (Phi) is 3.28. The average Bonchev–Trinajstić information content (AvgIpc) is 2.41. The predicted molar refractivity (Wildman–Crippen MR) is 97.9 cm³/mol. The van der Waals surface area contributed by atoms with Crippen LogP contribution in [0.2, 0.25) is 0 Å². The molecular formula is C19H19I. The van der Waals surface area contributed by atoms with Gasteiger partial charge in [0.15, 0.2) is 0 Å². The van der Waals surface area contributed by atoms with E-state index in [2.05, 4.69) is 81.5 Å². The van der Waals surface area contributed by atoms with Crippen molar-refractivity contribution in [1.82, 2.24) is 0 Å². The Hall–Kier alpha value is -1.09. The summed E-state index contributed by atoms with van der Waals surface area (Å²) in [6.07, 6.45) is 0. The van der Waals surface area contributed by atoms with E-state index in [1.807, 2.05) is 0 Å². The highest BCUT2D eigenvalue weighted by atomic mass is 127. The second-order valence-electron chi connectivity index (χ2n) is 5.88. The van der Waals surface area contributed by atoms with E-state index in [1.54, 1.807) is 0 Å². The standard InChI is InChI=1S/C19H19I/c1-10-6-15-13(4)17-8-12(3)19(20)9-18(17)14(5)16(15)7-11(10)2/h6-9H,1-5H3. The number of halogens is 1. The van der Waals surface area contributed by atoms with Crippen molar-refractivity contribution in [3.63, 3.8) is 0 Å². The van der Waals surface area contributed by atoms with Crippen LogP contribution in [0.4, 0.5) is 0 Å². The molecule has 0 nitrogen and oxygen atoms in total. The number of rotatable bonds is 0. The molecule has 3 aromatic carbocycles. The fourth-order valence-corrected chi connectivity index (χ4v) is 3.50. The van der Waals surface area contributed by atoms with Gasteiger partial charge in [0.25, 0.3) is 0 Å². The summed E-state index contributed by atoms with van der Waals surface area (Å²) in [6, 6.07) is 9.37. The Morgan fingerprint density at radius 1 is 0.550 bits per heavy atom. The molecule has 1 heteroatoms. The topological polar surface area (TPSA) is 0 Å². The van der Waals surface area contributed by atoms with Gasteiger partial charge in [0.1, 0.15) is 0 Å². The molecule has 0 spiro atoms. The van der Waals surface area contributed by atoms with E-state index >= 15 is 0 Å². The first kappa shape index (κ1) is 13.9. The molecule has 0 fully saturated rings. The second kappa shape index (κ2) is 4.73. The first-order chi connectivity index (χ1) is 9.40. The summed E-state index contributed by atoms with van der Waals surface area (Å²) in [7, 11) is 0. The van der Waals surface area contributed by atoms with Gasteiger partial charge in [0.05, 0.1) is 0 Å². The van der Waals surface area contributed by atoms with Gasteiger partial charge in [-0.3, -0.25) is 0 Å². The summed E-state index contributed by atoms with van der Waals surface area (Å²) in [5, 5.41) is 5.60. The van der Waals surface area contributed by atoms with E-state index in [0.29, 0.717) is 0 Å². The number of hydrogen-bond donors (Lipinski definition) is 0. The van der Waals surface area contributed by atoms with E-state index in [1.165, 1.54) is 52.9 Å². The summed E-state index contributed by atoms with van der Waals surface area (Å²) in [5.74, 6) is 0. The van der Waals surface area contributed by atoms with Crippen LogP contribution in [0.1, 0.15) is 27.8 Å². The molecule has 102 valence electrons. The van der Waals surface area contributed by atoms with Crippen LogP contribution in [0.25, 0.3) is 21.5 Å². The molecule has 0 amide bonds. The lowest BCUT2D eigenvalue weighted by atomic mass is 9.90. The van der Waals surface area contributed by atoms with Gasteiger partial charge in [0.2, 0.25) is 0 Å². The minimum absolute atomic E-state index is 1.35. The van der Waals surface area contributed by atoms with Gasteiger partial charge in [-0.05, 0) is 113 Å². The zero-order chi connectivity index (χ0) is 14.6. The third kappa shape index (κ3) is 1.95. The number of fused-ring (bicyclic) bond motifs is 2. The molecule has 0 heterocycles. The SMILES string of the molecule is Cc1cc2c(C)c3cc(C)c(I)cc3c(C)c2cc1C. The van der Waals surface area contributed by atoms with E-state index in [4.69, 9.17) is 0 Å². The Morgan fingerprint density at radius 3 is 1.35 bits per heavy atom. The van der Waals surface area contributed by atoms with E-state index < -0.39 is 0 Å². The fourth-order valence-electron chi connectivity index (χ4n) is 3.03. The molecule has 3 rings (SSSR count). The zero-order valence-electron chi connectivity index (χ0n) is 12.7. The first-order valence-corrected chi connectivity index (χ1v) is 8.08. The molecule has 0 aliphatic carbocycles. The smallest absolute Gasteiger partial charge is 0.0166 e. The second-order valence-corrected chi connectivity index (χ2v) is 7.04. The Morgan fingerprint density at radius 2 is 0.900 bits per heavy atom. The molecule has 0 aliphatic heterocycles. The van der Waals surface area contributed by atoms with E-state index in [9.17, 15) is 0 Å². The average molecular weight is 374 g/mol. The van der Waals surface area contributed by atoms with Crippen molar-refractivity contribution in [3.8, 4) is 0 Å². The van der Waals surface area contributed by atoms with Crippen molar-refractivity contribution in [3.05, 3.63) is 55.7 Å². The molecule has 0 aromatic heterocycles. The molecule has 0 atom stereocenters. The van der Waals surface area contributed by atoms with E-state index in [0.717, 1.165) is 0 Å². The largest absolute Gasteiger partial charge is 0.0509 e. The lowest BCUT2D eigenvalue weighted by Crippen LogP contribution is -1.93. The van der Waals surface area contributed by atoms with Gasteiger partial charge in [0, 0.05) is 3.57 Å². The number of benzene rings is 3. The van der Waals surface area contributed by atoms with Gasteiger partial charge < -0.3 is 0 Å². The molecule has 0 N–H and O–H groups in total. The summed E-state index contributed by atoms with van der Waals surface area (Å²) >= 11 is 2.44. The minimum atomic E-state index is 1.35. The first-order valence-electron chi connectivity index (χ1n) is 7.00. The Labute approximate surface area is 134 Å². The highest BCUT2D eigenvalue weighted by molar-refractivity contribution is 14.1. The molecular weight excluding hydrogens is 355 g/mol. The Bertz CT molecular complexity index is 716. The van der Waals surface area contributed by atoms with Crippen molar-refractivity contribution >= 4 is 44.1 Å². The van der Waals surface area contributed by atoms with Gasteiger partial charge in [-0.1, -0.05) is 18.2 Å². The van der Waals surface area contributed by atoms with Crippen LogP contribution in [0.15, 0.2) is 24.3 Å². The van der Waals surface area contributed by atoms with Crippen molar-refractivity contribution in [2.75, 3.05) is 0 Å². The maximum Gasteiger partial charge on any atom is 0.0166 e. The van der Waals surface area contributed by atoms with Crippen LogP contribution in [-0.2, 0) is 0 Å². The number of hydrogen-bond acceptors (Lipinski definition) is 0. The quantitative estimate of drug-likeness (QED) is 0.328. The van der Waals surface area contributed by atoms with Crippen LogP contribution in [0, 0.1) is 38.2 Å². The van der Waals surface area contributed by atoms with Crippen LogP contribution in [0.5, 0.6) is 0 Å². The van der Waals surface area contributed by atoms with Crippen molar-refractivity contribution in [2.24, 2.45) is 0 Å². The minimum Gasteiger partial charge on any atom is -0.0509 e. The Balaban J connectivity index is 2.60. The normalized spacial score (nSPS) is 11.5. The van der Waals surface area contributed by atoms with Gasteiger partial charge in [-0.2, -0.15) is 0 Å². The molecule has 3 aromatic rings. The molecule has 20 heavy (non-hydrogen) atoms. The maximum absolute atomic E-state index is 2.44. The van der Waals surface area contributed by atoms with Gasteiger partial charge in [-0.25, -0.2) is 0 Å². The van der Waals surface area contributed by atoms with E-state index in [-0.39, 0.29) is 0 Å². The van der Waals surface area contributed by atoms with Crippen LogP contribution in [0.3, 0.4) is 0 Å². The molecule has 0 unspecified atom stereocenters. The molecule has 0 saturated heterocycles. The fraction of sp³-hybridized carbons (Fsp3) is 0.263. The number of aryl methyl sites for hydroxylation is 5. The molecule has 0 bridgehead atoms. The van der Waals surface area contributed by atoms with Crippen LogP contribution >= 0.6 is 22.6 Å². The highest BCUT2D eigenvalue weighted by Crippen LogP contribution is 2.35. The summed E-state index contributed by atoms with van der Waals surface area (Å²) in [4.78, 5) is 0. The molecule has 0 radical (unpaired) electrons. The third-order valence-electron chi connectivity index (χ3n) is 4.55. The zero-order valence-corrected chi connectivity index (χ0v) is 14.8. The van der Waals surface area contributed by atoms with Crippen LogP contribution in [-0.4, -0.2) is 0 Å². The van der Waals surface area contributed by atoms with Gasteiger partial charge in [-0.15, -0.1) is 0 Å². The lowest BCUT2D eigenvalue weighted by molar-refractivity contribution is 1.35. The highest BCUT2D eigenvalue weighted by Gasteiger charge is 2.11. The van der Waals surface area contributed by atoms with Crippen LogP contribution < -0.4 is 0 Å². The predicted octanol–water partition coefficient (Wildman–Crippen LogP) is 6.14. The lowest BCUT2D eigenvalue weighted by Gasteiger charge is -2.15. The molecule has 0 saturated carbocycles. The summed E-state index contributed by atoms with van der Waals surface area (Å²) < 4.78 is 1.35. The summed E-state index contributed by atoms with van der Waals surface area (Å²) in [5.41, 5.74) is 6.93. The van der Waals surface area contributed by atoms with Crippen molar-refractivity contribution in [1.29, 1.82) is 0 Å². The maximum atomic E-state index is 2.44. The molecule has 0 aliphatic rings.